The van der Waals surface area contributed by atoms with E-state index in [4.69, 9.17) is 10.2 Å². The van der Waals surface area contributed by atoms with Crippen LogP contribution in [0.4, 0.5) is 0 Å². The quantitative estimate of drug-likeness (QED) is 0.837. The monoisotopic (exact) mass is 283 g/mol. The molecule has 108 valence electrons. The minimum absolute atomic E-state index is 0.181. The molecular formula is C16H17N3O2. The number of amides is 1. The Kier molecular flexibility index (Phi) is 4.75. The van der Waals surface area contributed by atoms with Crippen molar-refractivity contribution in [3.63, 3.8) is 0 Å². The van der Waals surface area contributed by atoms with Gasteiger partial charge in [0.1, 0.15) is 5.76 Å². The number of hydrogen-bond acceptors (Lipinski definition) is 4. The number of nitrogens with one attached hydrogen (secondary N) is 1. The van der Waals surface area contributed by atoms with Crippen LogP contribution in [0.2, 0.25) is 0 Å². The van der Waals surface area contributed by atoms with Crippen molar-refractivity contribution < 1.29 is 9.21 Å². The molecule has 3 N–H and O–H groups in total. The Morgan fingerprint density at radius 1 is 1.43 bits per heavy atom. The number of benzene rings is 1. The lowest BCUT2D eigenvalue weighted by atomic mass is 10.0. The van der Waals surface area contributed by atoms with Crippen LogP contribution in [0, 0.1) is 25.7 Å². The van der Waals surface area contributed by atoms with Crippen LogP contribution >= 0.6 is 0 Å². The van der Waals surface area contributed by atoms with Gasteiger partial charge in [-0.25, -0.2) is 4.98 Å². The molecule has 1 heterocycles. The van der Waals surface area contributed by atoms with Gasteiger partial charge in [0.15, 0.2) is 0 Å². The van der Waals surface area contributed by atoms with E-state index in [1.54, 1.807) is 18.3 Å². The lowest BCUT2D eigenvalue weighted by Gasteiger charge is -2.07. The first-order chi connectivity index (χ1) is 10.1. The summed E-state index contributed by atoms with van der Waals surface area (Å²) in [5.74, 6) is 6.77. The fraction of sp³-hybridized carbons (Fsp3) is 0.250. The van der Waals surface area contributed by atoms with E-state index in [1.165, 1.54) is 0 Å². The van der Waals surface area contributed by atoms with Crippen molar-refractivity contribution in [2.75, 3.05) is 6.54 Å². The Morgan fingerprint density at radius 3 is 2.90 bits per heavy atom. The summed E-state index contributed by atoms with van der Waals surface area (Å²) >= 11 is 0. The molecule has 1 aromatic carbocycles. The summed E-state index contributed by atoms with van der Waals surface area (Å²) in [6.45, 7) is 4.22. The molecule has 1 aromatic heterocycles. The molecule has 2 aromatic rings. The Bertz CT molecular complexity index is 708. The molecule has 0 unspecified atom stereocenters. The molecular weight excluding hydrogens is 266 g/mol. The summed E-state index contributed by atoms with van der Waals surface area (Å²) in [6, 6.07) is 5.43. The summed E-state index contributed by atoms with van der Waals surface area (Å²) in [7, 11) is 0. The highest BCUT2D eigenvalue weighted by molar-refractivity contribution is 5.96. The van der Waals surface area contributed by atoms with Crippen LogP contribution in [0.15, 0.2) is 28.8 Å². The number of carbonyl (C=O) groups excluding carboxylic acids is 1. The standard InChI is InChI=1S/C16H17N3O2/c1-11-9-18-15(21-11)10-19-16(20)14-7-3-5-13(12(14)2)6-4-8-17/h3,5,7,9H,8,10,17H2,1-2H3,(H,19,20). The van der Waals surface area contributed by atoms with E-state index in [2.05, 4.69) is 22.1 Å². The molecule has 0 saturated heterocycles. The zero-order valence-corrected chi connectivity index (χ0v) is 12.1. The second-order valence-electron chi connectivity index (χ2n) is 4.53. The second kappa shape index (κ2) is 6.73. The van der Waals surface area contributed by atoms with Gasteiger partial charge in [0, 0.05) is 11.1 Å². The maximum absolute atomic E-state index is 12.2. The van der Waals surface area contributed by atoms with Crippen molar-refractivity contribution in [2.24, 2.45) is 5.73 Å². The lowest BCUT2D eigenvalue weighted by Crippen LogP contribution is -2.24. The zero-order valence-electron chi connectivity index (χ0n) is 12.1. The third-order valence-electron chi connectivity index (χ3n) is 2.97. The smallest absolute Gasteiger partial charge is 0.252 e. The molecule has 2 rings (SSSR count). The summed E-state index contributed by atoms with van der Waals surface area (Å²) in [4.78, 5) is 16.3. The van der Waals surface area contributed by atoms with Crippen molar-refractivity contribution >= 4 is 5.91 Å². The molecule has 1 amide bonds. The molecule has 0 radical (unpaired) electrons. The van der Waals surface area contributed by atoms with E-state index in [-0.39, 0.29) is 12.5 Å². The van der Waals surface area contributed by atoms with Gasteiger partial charge in [0.05, 0.1) is 19.3 Å². The van der Waals surface area contributed by atoms with Crippen LogP contribution in [0.1, 0.15) is 33.1 Å². The predicted octanol–water partition coefficient (Wildman–Crippen LogP) is 1.53. The van der Waals surface area contributed by atoms with Crippen molar-refractivity contribution in [1.82, 2.24) is 10.3 Å². The summed E-state index contributed by atoms with van der Waals surface area (Å²) < 4.78 is 5.31. The van der Waals surface area contributed by atoms with Crippen molar-refractivity contribution in [1.29, 1.82) is 0 Å². The Balaban J connectivity index is 2.12. The number of rotatable bonds is 3. The first kappa shape index (κ1) is 14.8. The predicted molar refractivity (Wildman–Crippen MR) is 79.5 cm³/mol. The highest BCUT2D eigenvalue weighted by atomic mass is 16.4. The maximum atomic E-state index is 12.2. The first-order valence-electron chi connectivity index (χ1n) is 6.60. The summed E-state index contributed by atoms with van der Waals surface area (Å²) in [5, 5.41) is 2.78. The number of aromatic nitrogens is 1. The van der Waals surface area contributed by atoms with Gasteiger partial charge in [-0.3, -0.25) is 4.79 Å². The van der Waals surface area contributed by atoms with Crippen LogP contribution in [0.3, 0.4) is 0 Å². The van der Waals surface area contributed by atoms with Gasteiger partial charge >= 0.3 is 0 Å². The molecule has 0 aliphatic rings. The van der Waals surface area contributed by atoms with Crippen molar-refractivity contribution in [3.8, 4) is 11.8 Å². The van der Waals surface area contributed by atoms with Crippen LogP contribution in [0.25, 0.3) is 0 Å². The normalized spacial score (nSPS) is 9.86. The maximum Gasteiger partial charge on any atom is 0.252 e. The minimum atomic E-state index is -0.181. The molecule has 0 aliphatic heterocycles. The third-order valence-corrected chi connectivity index (χ3v) is 2.97. The van der Waals surface area contributed by atoms with E-state index < -0.39 is 0 Å². The van der Waals surface area contributed by atoms with Gasteiger partial charge < -0.3 is 15.5 Å². The summed E-state index contributed by atoms with van der Waals surface area (Å²) in [6.07, 6.45) is 1.62. The van der Waals surface area contributed by atoms with Gasteiger partial charge in [-0.05, 0) is 31.5 Å². The average Bonchev–Trinajstić information content (AvgIpc) is 2.89. The number of carbonyl (C=O) groups is 1. The average molecular weight is 283 g/mol. The number of oxazole rings is 1. The largest absolute Gasteiger partial charge is 0.444 e. The van der Waals surface area contributed by atoms with Gasteiger partial charge in [0.2, 0.25) is 5.89 Å². The van der Waals surface area contributed by atoms with Gasteiger partial charge in [-0.2, -0.15) is 0 Å². The molecule has 0 spiro atoms. The first-order valence-corrected chi connectivity index (χ1v) is 6.60. The van der Waals surface area contributed by atoms with Crippen LogP contribution in [0.5, 0.6) is 0 Å². The molecule has 0 aliphatic carbocycles. The number of nitrogens with zero attached hydrogens (tertiary/aromatic N) is 1. The molecule has 0 saturated carbocycles. The van der Waals surface area contributed by atoms with Crippen LogP contribution in [-0.4, -0.2) is 17.4 Å². The van der Waals surface area contributed by atoms with E-state index in [0.29, 0.717) is 18.0 Å². The molecule has 0 atom stereocenters. The van der Waals surface area contributed by atoms with Crippen molar-refractivity contribution in [3.05, 3.63) is 52.7 Å². The number of hydrogen-bond donors (Lipinski definition) is 2. The Labute approximate surface area is 123 Å². The highest BCUT2D eigenvalue weighted by Gasteiger charge is 2.11. The fourth-order valence-corrected chi connectivity index (χ4v) is 1.90. The van der Waals surface area contributed by atoms with E-state index in [0.717, 1.165) is 16.9 Å². The molecule has 0 fully saturated rings. The van der Waals surface area contributed by atoms with E-state index in [1.807, 2.05) is 19.9 Å². The number of aryl methyl sites for hydroxylation is 1. The van der Waals surface area contributed by atoms with E-state index >= 15 is 0 Å². The van der Waals surface area contributed by atoms with Crippen LogP contribution in [-0.2, 0) is 6.54 Å². The SMILES string of the molecule is Cc1cnc(CNC(=O)c2cccc(C#CCN)c2C)o1. The Hall–Kier alpha value is -2.58. The minimum Gasteiger partial charge on any atom is -0.444 e. The number of nitrogens with two attached hydrogens (primary N) is 1. The highest BCUT2D eigenvalue weighted by Crippen LogP contribution is 2.13. The zero-order chi connectivity index (χ0) is 15.2. The van der Waals surface area contributed by atoms with Crippen molar-refractivity contribution in [2.45, 2.75) is 20.4 Å². The third kappa shape index (κ3) is 3.71. The molecule has 5 nitrogen and oxygen atoms in total. The molecule has 5 heteroatoms. The second-order valence-corrected chi connectivity index (χ2v) is 4.53. The summed E-state index contributed by atoms with van der Waals surface area (Å²) in [5.41, 5.74) is 7.59. The topological polar surface area (TPSA) is 81.2 Å². The van der Waals surface area contributed by atoms with Gasteiger partial charge in [-0.1, -0.05) is 17.9 Å². The fourth-order valence-electron chi connectivity index (χ4n) is 1.90. The lowest BCUT2D eigenvalue weighted by molar-refractivity contribution is 0.0946. The van der Waals surface area contributed by atoms with Gasteiger partial charge in [0.25, 0.3) is 5.91 Å². The van der Waals surface area contributed by atoms with Crippen LogP contribution < -0.4 is 11.1 Å². The Morgan fingerprint density at radius 2 is 2.24 bits per heavy atom. The molecule has 0 bridgehead atoms. The van der Waals surface area contributed by atoms with E-state index in [9.17, 15) is 4.79 Å². The molecule has 21 heavy (non-hydrogen) atoms. The van der Waals surface area contributed by atoms with Gasteiger partial charge in [-0.15, -0.1) is 0 Å².